The molecule has 2 aromatic carbocycles. The number of benzene rings is 2. The monoisotopic (exact) mass is 455 g/mol. The average molecular weight is 456 g/mol. The van der Waals surface area contributed by atoms with Crippen LogP contribution in [0.2, 0.25) is 0 Å². The summed E-state index contributed by atoms with van der Waals surface area (Å²) in [6, 6.07) is 14.7. The van der Waals surface area contributed by atoms with Crippen molar-refractivity contribution in [3.05, 3.63) is 82.4 Å². The van der Waals surface area contributed by atoms with E-state index in [1.807, 2.05) is 43.3 Å². The summed E-state index contributed by atoms with van der Waals surface area (Å²) in [5.41, 5.74) is 2.94. The molecule has 176 valence electrons. The van der Waals surface area contributed by atoms with Gasteiger partial charge in [0.15, 0.2) is 0 Å². The summed E-state index contributed by atoms with van der Waals surface area (Å²) < 4.78 is 30.7. The SMILES string of the molecule is CCCCc1nc(C(F)(F)CCCC)nn1Cc1ccc(Cc2ccccc2C(=O)O)cc1. The Labute approximate surface area is 193 Å². The zero-order valence-corrected chi connectivity index (χ0v) is 19.2. The maximum atomic E-state index is 14.6. The highest BCUT2D eigenvalue weighted by atomic mass is 19.3. The molecule has 0 aliphatic rings. The summed E-state index contributed by atoms with van der Waals surface area (Å²) in [7, 11) is 0. The first-order valence-electron chi connectivity index (χ1n) is 11.5. The van der Waals surface area contributed by atoms with Crippen LogP contribution in [-0.2, 0) is 25.3 Å². The highest BCUT2D eigenvalue weighted by Crippen LogP contribution is 2.31. The van der Waals surface area contributed by atoms with Crippen molar-refractivity contribution in [3.8, 4) is 0 Å². The van der Waals surface area contributed by atoms with Gasteiger partial charge in [0.2, 0.25) is 5.82 Å². The second kappa shape index (κ2) is 11.2. The number of nitrogens with zero attached hydrogens (tertiary/aromatic N) is 3. The lowest BCUT2D eigenvalue weighted by Gasteiger charge is -2.11. The van der Waals surface area contributed by atoms with Crippen LogP contribution < -0.4 is 0 Å². The van der Waals surface area contributed by atoms with Crippen LogP contribution in [0.4, 0.5) is 8.78 Å². The predicted octanol–water partition coefficient (Wildman–Crippen LogP) is 6.24. The van der Waals surface area contributed by atoms with Crippen molar-refractivity contribution in [1.82, 2.24) is 14.8 Å². The number of carbonyl (C=O) groups is 1. The summed E-state index contributed by atoms with van der Waals surface area (Å²) in [6.45, 7) is 4.30. The number of hydrogen-bond donors (Lipinski definition) is 1. The van der Waals surface area contributed by atoms with E-state index >= 15 is 0 Å². The van der Waals surface area contributed by atoms with Gasteiger partial charge in [0.25, 0.3) is 0 Å². The summed E-state index contributed by atoms with van der Waals surface area (Å²) in [6.07, 6.45) is 3.80. The third kappa shape index (κ3) is 6.46. The fraction of sp³-hybridized carbons (Fsp3) is 0.423. The van der Waals surface area contributed by atoms with Crippen LogP contribution in [0.15, 0.2) is 48.5 Å². The Hall–Kier alpha value is -3.09. The van der Waals surface area contributed by atoms with Crippen LogP contribution in [0.25, 0.3) is 0 Å². The molecule has 3 rings (SSSR count). The Bertz CT molecular complexity index is 1060. The van der Waals surface area contributed by atoms with Gasteiger partial charge in [-0.2, -0.15) is 8.78 Å². The number of aryl methyl sites for hydroxylation is 1. The van der Waals surface area contributed by atoms with Crippen molar-refractivity contribution < 1.29 is 18.7 Å². The Balaban J connectivity index is 1.78. The minimum Gasteiger partial charge on any atom is -0.478 e. The highest BCUT2D eigenvalue weighted by Gasteiger charge is 2.36. The molecule has 1 aromatic heterocycles. The van der Waals surface area contributed by atoms with E-state index in [0.717, 1.165) is 29.5 Å². The first-order chi connectivity index (χ1) is 15.8. The van der Waals surface area contributed by atoms with Gasteiger partial charge in [0.05, 0.1) is 12.1 Å². The molecule has 0 aliphatic carbocycles. The number of unbranched alkanes of at least 4 members (excludes halogenated alkanes) is 2. The number of rotatable bonds is 12. The quantitative estimate of drug-likeness (QED) is 0.351. The van der Waals surface area contributed by atoms with Crippen LogP contribution >= 0.6 is 0 Å². The number of carboxylic acid groups (broad SMARTS) is 1. The van der Waals surface area contributed by atoms with Gasteiger partial charge in [-0.1, -0.05) is 69.2 Å². The van der Waals surface area contributed by atoms with E-state index in [-0.39, 0.29) is 12.2 Å². The van der Waals surface area contributed by atoms with Gasteiger partial charge in [0, 0.05) is 12.8 Å². The zero-order valence-electron chi connectivity index (χ0n) is 19.2. The van der Waals surface area contributed by atoms with Crippen LogP contribution in [0.3, 0.4) is 0 Å². The molecule has 7 heteroatoms. The van der Waals surface area contributed by atoms with Gasteiger partial charge in [-0.3, -0.25) is 0 Å². The van der Waals surface area contributed by atoms with E-state index in [1.54, 1.807) is 16.8 Å². The van der Waals surface area contributed by atoms with Gasteiger partial charge in [0.1, 0.15) is 5.82 Å². The number of halogens is 2. The van der Waals surface area contributed by atoms with Crippen molar-refractivity contribution in [2.45, 2.75) is 71.3 Å². The predicted molar refractivity (Wildman–Crippen MR) is 124 cm³/mol. The van der Waals surface area contributed by atoms with Crippen molar-refractivity contribution in [2.75, 3.05) is 0 Å². The molecule has 0 amide bonds. The number of aromatic carboxylic acids is 1. The Morgan fingerprint density at radius 2 is 1.67 bits per heavy atom. The third-order valence-corrected chi connectivity index (χ3v) is 5.67. The van der Waals surface area contributed by atoms with E-state index in [1.165, 1.54) is 0 Å². The summed E-state index contributed by atoms with van der Waals surface area (Å²) in [5, 5.41) is 13.6. The number of aromatic nitrogens is 3. The smallest absolute Gasteiger partial charge is 0.335 e. The summed E-state index contributed by atoms with van der Waals surface area (Å²) in [4.78, 5) is 15.7. The molecule has 1 N–H and O–H groups in total. The number of alkyl halides is 2. The van der Waals surface area contributed by atoms with Crippen molar-refractivity contribution in [2.24, 2.45) is 0 Å². The van der Waals surface area contributed by atoms with Gasteiger partial charge >= 0.3 is 11.9 Å². The third-order valence-electron chi connectivity index (χ3n) is 5.67. The highest BCUT2D eigenvalue weighted by molar-refractivity contribution is 5.89. The molecular formula is C26H31F2N3O2. The molecule has 0 spiro atoms. The number of hydrogen-bond acceptors (Lipinski definition) is 3. The van der Waals surface area contributed by atoms with E-state index in [2.05, 4.69) is 17.0 Å². The number of carboxylic acids is 1. The lowest BCUT2D eigenvalue weighted by molar-refractivity contribution is -0.0245. The Morgan fingerprint density at radius 3 is 2.33 bits per heavy atom. The largest absolute Gasteiger partial charge is 0.478 e. The molecule has 33 heavy (non-hydrogen) atoms. The summed E-state index contributed by atoms with van der Waals surface area (Å²) >= 11 is 0. The standard InChI is InChI=1S/C26H31F2N3O2/c1-3-5-11-23-29-25(26(27,28)16-6-4-2)30-31(23)18-20-14-12-19(13-15-20)17-21-9-7-8-10-22(21)24(32)33/h7-10,12-15H,3-6,11,16-18H2,1-2H3,(H,32,33). The van der Waals surface area contributed by atoms with Crippen LogP contribution in [0.5, 0.6) is 0 Å². The Kier molecular flexibility index (Phi) is 8.31. The molecule has 0 bridgehead atoms. The van der Waals surface area contributed by atoms with Crippen molar-refractivity contribution in [3.63, 3.8) is 0 Å². The molecule has 0 unspecified atom stereocenters. The molecule has 3 aromatic rings. The summed E-state index contributed by atoms with van der Waals surface area (Å²) in [5.74, 6) is -3.77. The topological polar surface area (TPSA) is 68.0 Å². The van der Waals surface area contributed by atoms with Crippen LogP contribution in [0, 0.1) is 0 Å². The molecule has 0 aliphatic heterocycles. The second-order valence-electron chi connectivity index (χ2n) is 8.38. The minimum absolute atomic E-state index is 0.243. The van der Waals surface area contributed by atoms with Gasteiger partial charge in [-0.15, -0.1) is 5.10 Å². The first kappa shape index (κ1) is 24.6. The van der Waals surface area contributed by atoms with E-state index in [4.69, 9.17) is 0 Å². The van der Waals surface area contributed by atoms with Crippen LogP contribution in [-0.4, -0.2) is 25.8 Å². The van der Waals surface area contributed by atoms with E-state index in [9.17, 15) is 18.7 Å². The lowest BCUT2D eigenvalue weighted by Crippen LogP contribution is -2.16. The molecule has 0 saturated heterocycles. The van der Waals surface area contributed by atoms with E-state index < -0.39 is 11.9 Å². The zero-order chi connectivity index (χ0) is 23.8. The maximum absolute atomic E-state index is 14.6. The fourth-order valence-corrected chi connectivity index (χ4v) is 3.72. The van der Waals surface area contributed by atoms with Crippen molar-refractivity contribution in [1.29, 1.82) is 0 Å². The molecule has 5 nitrogen and oxygen atoms in total. The lowest BCUT2D eigenvalue weighted by atomic mass is 9.99. The molecule has 1 heterocycles. The average Bonchev–Trinajstić information content (AvgIpc) is 3.21. The van der Waals surface area contributed by atoms with Gasteiger partial charge < -0.3 is 5.11 Å². The molecule has 0 fully saturated rings. The first-order valence-corrected chi connectivity index (χ1v) is 11.5. The molecular weight excluding hydrogens is 424 g/mol. The van der Waals surface area contributed by atoms with E-state index in [0.29, 0.717) is 43.6 Å². The Morgan fingerprint density at radius 1 is 1.00 bits per heavy atom. The molecule has 0 radical (unpaired) electrons. The van der Waals surface area contributed by atoms with Gasteiger partial charge in [-0.25, -0.2) is 14.5 Å². The van der Waals surface area contributed by atoms with Gasteiger partial charge in [-0.05, 0) is 42.0 Å². The molecule has 0 atom stereocenters. The normalized spacial score (nSPS) is 11.6. The van der Waals surface area contributed by atoms with Crippen LogP contribution in [0.1, 0.15) is 84.6 Å². The van der Waals surface area contributed by atoms with Crippen molar-refractivity contribution >= 4 is 5.97 Å². The minimum atomic E-state index is -3.02. The fourth-order valence-electron chi connectivity index (χ4n) is 3.72. The maximum Gasteiger partial charge on any atom is 0.335 e. The second-order valence-corrected chi connectivity index (χ2v) is 8.38. The molecule has 0 saturated carbocycles.